The fourth-order valence-electron chi connectivity index (χ4n) is 2.79. The molecule has 1 heterocycles. The number of anilines is 1. The van der Waals surface area contributed by atoms with Crippen molar-refractivity contribution in [2.45, 2.75) is 13.3 Å². The quantitative estimate of drug-likeness (QED) is 0.502. The first-order valence-corrected chi connectivity index (χ1v) is 9.99. The van der Waals surface area contributed by atoms with E-state index in [-0.39, 0.29) is 10.6 Å². The number of hydrogen-bond donors (Lipinski definition) is 1. The van der Waals surface area contributed by atoms with E-state index in [1.165, 1.54) is 24.5 Å². The second kappa shape index (κ2) is 8.78. The molecule has 0 saturated heterocycles. The molecule has 0 atom stereocenters. The predicted molar refractivity (Wildman–Crippen MR) is 114 cm³/mol. The van der Waals surface area contributed by atoms with Gasteiger partial charge < -0.3 is 10.1 Å². The van der Waals surface area contributed by atoms with Crippen LogP contribution in [0.3, 0.4) is 0 Å². The lowest BCUT2D eigenvalue weighted by Crippen LogP contribution is -2.14. The molecule has 0 unspecified atom stereocenters. The average Bonchev–Trinajstić information content (AvgIpc) is 2.96. The van der Waals surface area contributed by atoms with Crippen molar-refractivity contribution in [1.29, 1.82) is 0 Å². The van der Waals surface area contributed by atoms with Gasteiger partial charge >= 0.3 is 5.97 Å². The van der Waals surface area contributed by atoms with Crippen LogP contribution in [0, 0.1) is 6.92 Å². The monoisotopic (exact) mass is 433 g/mol. The number of thiophene rings is 1. The fraction of sp³-hybridized carbons (Fsp3) is 0.143. The van der Waals surface area contributed by atoms with Crippen molar-refractivity contribution in [1.82, 2.24) is 0 Å². The maximum absolute atomic E-state index is 12.7. The smallest absolute Gasteiger partial charge is 0.341 e. The zero-order valence-electron chi connectivity index (χ0n) is 15.2. The number of carbonyl (C=O) groups excluding carboxylic acids is 2. The molecule has 3 rings (SSSR count). The summed E-state index contributed by atoms with van der Waals surface area (Å²) in [5, 5.41) is 3.91. The van der Waals surface area contributed by atoms with Crippen molar-refractivity contribution in [2.24, 2.45) is 0 Å². The lowest BCUT2D eigenvalue weighted by atomic mass is 10.1. The van der Waals surface area contributed by atoms with Crippen molar-refractivity contribution in [3.8, 4) is 0 Å². The number of amides is 1. The molecule has 0 fully saturated rings. The van der Waals surface area contributed by atoms with Crippen molar-refractivity contribution in [3.63, 3.8) is 0 Å². The minimum absolute atomic E-state index is 0.238. The van der Waals surface area contributed by atoms with Gasteiger partial charge in [-0.15, -0.1) is 11.3 Å². The molecule has 2 aromatic carbocycles. The Hall–Kier alpha value is -2.34. The second-order valence-corrected chi connectivity index (χ2v) is 8.04. The van der Waals surface area contributed by atoms with Gasteiger partial charge in [0.1, 0.15) is 5.00 Å². The van der Waals surface area contributed by atoms with Crippen LogP contribution in [-0.2, 0) is 11.2 Å². The molecule has 1 amide bonds. The molecule has 3 aromatic rings. The van der Waals surface area contributed by atoms with Crippen LogP contribution in [0.15, 0.2) is 48.5 Å². The molecule has 0 bridgehead atoms. The van der Waals surface area contributed by atoms with Crippen LogP contribution in [-0.4, -0.2) is 19.0 Å². The minimum Gasteiger partial charge on any atom is -0.465 e. The van der Waals surface area contributed by atoms with Crippen LogP contribution in [0.1, 0.15) is 36.7 Å². The van der Waals surface area contributed by atoms with Crippen LogP contribution in [0.2, 0.25) is 10.0 Å². The number of nitrogens with one attached hydrogen (secondary N) is 1. The number of hydrogen-bond acceptors (Lipinski definition) is 4. The van der Waals surface area contributed by atoms with Crippen LogP contribution >= 0.6 is 34.5 Å². The van der Waals surface area contributed by atoms with Crippen LogP contribution in [0.25, 0.3) is 0 Å². The van der Waals surface area contributed by atoms with Gasteiger partial charge in [0, 0.05) is 16.3 Å². The van der Waals surface area contributed by atoms with Crippen LogP contribution in [0.5, 0.6) is 0 Å². The Morgan fingerprint density at radius 3 is 2.46 bits per heavy atom. The zero-order valence-corrected chi connectivity index (χ0v) is 17.5. The molecular formula is C21H17Cl2NO3S. The van der Waals surface area contributed by atoms with E-state index in [1.807, 2.05) is 37.3 Å². The van der Waals surface area contributed by atoms with Gasteiger partial charge in [-0.25, -0.2) is 4.79 Å². The molecular weight excluding hydrogens is 417 g/mol. The molecule has 4 nitrogen and oxygen atoms in total. The van der Waals surface area contributed by atoms with Crippen molar-refractivity contribution >= 4 is 51.4 Å². The first-order chi connectivity index (χ1) is 13.4. The second-order valence-electron chi connectivity index (χ2n) is 6.09. The number of rotatable bonds is 5. The van der Waals surface area contributed by atoms with E-state index >= 15 is 0 Å². The van der Waals surface area contributed by atoms with E-state index in [0.29, 0.717) is 22.0 Å². The average molecular weight is 434 g/mol. The molecule has 0 aliphatic heterocycles. The first kappa shape index (κ1) is 20.4. The standard InChI is InChI=1S/C21H17Cl2NO3S/c1-12-17(10-13-6-4-3-5-7-13)28-20(18(12)21(26)27-2)24-19(25)15-9-8-14(22)11-16(15)23/h3-9,11H,10H2,1-2H3,(H,24,25). The molecule has 144 valence electrons. The molecule has 1 N–H and O–H groups in total. The van der Waals surface area contributed by atoms with E-state index in [4.69, 9.17) is 27.9 Å². The van der Waals surface area contributed by atoms with E-state index in [0.717, 1.165) is 16.0 Å². The van der Waals surface area contributed by atoms with Gasteiger partial charge in [-0.05, 0) is 36.2 Å². The van der Waals surface area contributed by atoms with Crippen LogP contribution in [0.4, 0.5) is 5.00 Å². The normalized spacial score (nSPS) is 10.6. The van der Waals surface area contributed by atoms with Crippen LogP contribution < -0.4 is 5.32 Å². The van der Waals surface area contributed by atoms with Crippen molar-refractivity contribution in [3.05, 3.63) is 85.7 Å². The Bertz CT molecular complexity index is 1030. The third-order valence-electron chi connectivity index (χ3n) is 4.25. The molecule has 0 radical (unpaired) electrons. The minimum atomic E-state index is -0.495. The number of ether oxygens (including phenoxy) is 1. The summed E-state index contributed by atoms with van der Waals surface area (Å²) in [5.41, 5.74) is 2.54. The van der Waals surface area contributed by atoms with Gasteiger partial charge in [-0.3, -0.25) is 4.79 Å². The molecule has 28 heavy (non-hydrogen) atoms. The Kier molecular flexibility index (Phi) is 6.39. The Morgan fingerprint density at radius 1 is 1.11 bits per heavy atom. The van der Waals surface area contributed by atoms with Crippen molar-refractivity contribution < 1.29 is 14.3 Å². The summed E-state index contributed by atoms with van der Waals surface area (Å²) in [4.78, 5) is 26.0. The predicted octanol–water partition coefficient (Wildman–Crippen LogP) is 5.99. The topological polar surface area (TPSA) is 55.4 Å². The van der Waals surface area contributed by atoms with Gasteiger partial charge in [-0.1, -0.05) is 53.5 Å². The number of esters is 1. The lowest BCUT2D eigenvalue weighted by Gasteiger charge is -2.07. The van der Waals surface area contributed by atoms with Gasteiger partial charge in [0.15, 0.2) is 0 Å². The molecule has 0 aliphatic rings. The fourth-order valence-corrected chi connectivity index (χ4v) is 4.51. The highest BCUT2D eigenvalue weighted by atomic mass is 35.5. The summed E-state index contributed by atoms with van der Waals surface area (Å²) in [7, 11) is 1.32. The van der Waals surface area contributed by atoms with Crippen molar-refractivity contribution in [2.75, 3.05) is 12.4 Å². The summed E-state index contributed by atoms with van der Waals surface area (Å²) >= 11 is 13.4. The van der Waals surface area contributed by atoms with E-state index in [9.17, 15) is 9.59 Å². The Morgan fingerprint density at radius 2 is 1.82 bits per heavy atom. The van der Waals surface area contributed by atoms with E-state index < -0.39 is 11.9 Å². The largest absolute Gasteiger partial charge is 0.465 e. The zero-order chi connectivity index (χ0) is 20.3. The molecule has 1 aromatic heterocycles. The number of carbonyl (C=O) groups is 2. The van der Waals surface area contributed by atoms with Gasteiger partial charge in [0.25, 0.3) is 5.91 Å². The third kappa shape index (κ3) is 4.38. The number of methoxy groups -OCH3 is 1. The molecule has 0 spiro atoms. The summed E-state index contributed by atoms with van der Waals surface area (Å²) in [6.07, 6.45) is 0.652. The lowest BCUT2D eigenvalue weighted by molar-refractivity contribution is 0.0601. The Labute approximate surface area is 177 Å². The summed E-state index contributed by atoms with van der Waals surface area (Å²) in [5.74, 6) is -0.912. The highest BCUT2D eigenvalue weighted by molar-refractivity contribution is 7.17. The van der Waals surface area contributed by atoms with E-state index in [1.54, 1.807) is 12.1 Å². The Balaban J connectivity index is 1.96. The summed E-state index contributed by atoms with van der Waals surface area (Å²) in [6.45, 7) is 1.85. The number of benzene rings is 2. The molecule has 0 saturated carbocycles. The summed E-state index contributed by atoms with van der Waals surface area (Å²) < 4.78 is 4.92. The maximum atomic E-state index is 12.7. The highest BCUT2D eigenvalue weighted by Crippen LogP contribution is 2.35. The first-order valence-electron chi connectivity index (χ1n) is 8.41. The maximum Gasteiger partial charge on any atom is 0.341 e. The third-order valence-corrected chi connectivity index (χ3v) is 6.00. The van der Waals surface area contributed by atoms with E-state index in [2.05, 4.69) is 5.32 Å². The van der Waals surface area contributed by atoms with Gasteiger partial charge in [-0.2, -0.15) is 0 Å². The van der Waals surface area contributed by atoms with Gasteiger partial charge in [0.2, 0.25) is 0 Å². The highest BCUT2D eigenvalue weighted by Gasteiger charge is 2.24. The SMILES string of the molecule is COC(=O)c1c(NC(=O)c2ccc(Cl)cc2Cl)sc(Cc2ccccc2)c1C. The number of halogens is 2. The molecule has 0 aliphatic carbocycles. The van der Waals surface area contributed by atoms with Gasteiger partial charge in [0.05, 0.1) is 23.3 Å². The summed E-state index contributed by atoms with van der Waals surface area (Å²) in [6, 6.07) is 14.5. The molecule has 7 heteroatoms.